The summed E-state index contributed by atoms with van der Waals surface area (Å²) in [4.78, 5) is 34.9. The predicted octanol–water partition coefficient (Wildman–Crippen LogP) is 3.36. The quantitative estimate of drug-likeness (QED) is 0.759. The number of carbonyl (C=O) groups excluding carboxylic acids is 1. The molecule has 2 unspecified atom stereocenters. The van der Waals surface area contributed by atoms with Crippen LogP contribution in [0.25, 0.3) is 10.2 Å². The van der Waals surface area contributed by atoms with Crippen LogP contribution in [0.2, 0.25) is 0 Å². The second-order valence-corrected chi connectivity index (χ2v) is 10.2. The van der Waals surface area contributed by atoms with Gasteiger partial charge in [-0.1, -0.05) is 0 Å². The van der Waals surface area contributed by atoms with Gasteiger partial charge in [-0.3, -0.25) is 14.2 Å². The summed E-state index contributed by atoms with van der Waals surface area (Å²) in [6.07, 6.45) is 8.20. The lowest BCUT2D eigenvalue weighted by atomic mass is 9.68. The number of nitrogens with zero attached hydrogens (tertiary/aromatic N) is 3. The molecular formula is C21H25N3O2S. The highest BCUT2D eigenvalue weighted by atomic mass is 32.1. The first-order valence-corrected chi connectivity index (χ1v) is 11.2. The smallest absolute Gasteiger partial charge is 0.264 e. The van der Waals surface area contributed by atoms with Gasteiger partial charge in [0.2, 0.25) is 0 Å². The van der Waals surface area contributed by atoms with Crippen LogP contribution in [0.4, 0.5) is 0 Å². The number of thiophene rings is 1. The van der Waals surface area contributed by atoms with E-state index in [1.165, 1.54) is 43.4 Å². The number of hydrogen-bond acceptors (Lipinski definition) is 4. The molecule has 2 aromatic heterocycles. The number of rotatable bonds is 1. The van der Waals surface area contributed by atoms with E-state index in [1.807, 2.05) is 11.5 Å². The lowest BCUT2D eigenvalue weighted by molar-refractivity contribution is 0.0637. The van der Waals surface area contributed by atoms with Crippen LogP contribution in [0, 0.1) is 24.7 Å². The minimum Gasteiger partial charge on any atom is -0.335 e. The van der Waals surface area contributed by atoms with E-state index >= 15 is 0 Å². The van der Waals surface area contributed by atoms with Crippen molar-refractivity contribution in [2.24, 2.45) is 17.8 Å². The molecule has 0 N–H and O–H groups in total. The van der Waals surface area contributed by atoms with Crippen molar-refractivity contribution in [3.63, 3.8) is 0 Å². The molecule has 4 fully saturated rings. The van der Waals surface area contributed by atoms with E-state index < -0.39 is 0 Å². The maximum Gasteiger partial charge on any atom is 0.264 e. The van der Waals surface area contributed by atoms with Crippen molar-refractivity contribution in [1.29, 1.82) is 0 Å². The summed E-state index contributed by atoms with van der Waals surface area (Å²) in [6.45, 7) is 3.61. The third-order valence-electron chi connectivity index (χ3n) is 7.47. The first-order chi connectivity index (χ1) is 13.1. The summed E-state index contributed by atoms with van der Waals surface area (Å²) < 4.78 is 1.81. The molecule has 6 heteroatoms. The molecule has 3 aliphatic heterocycles. The van der Waals surface area contributed by atoms with Crippen molar-refractivity contribution < 1.29 is 4.79 Å². The normalized spacial score (nSPS) is 31.5. The van der Waals surface area contributed by atoms with Crippen LogP contribution in [-0.4, -0.2) is 32.9 Å². The lowest BCUT2D eigenvalue weighted by Gasteiger charge is -2.38. The molecule has 5 aliphatic rings. The molecule has 7 rings (SSSR count). The summed E-state index contributed by atoms with van der Waals surface area (Å²) >= 11 is 1.44. The molecule has 27 heavy (non-hydrogen) atoms. The van der Waals surface area contributed by atoms with E-state index in [2.05, 4.69) is 4.90 Å². The highest BCUT2D eigenvalue weighted by Gasteiger charge is 2.44. The van der Waals surface area contributed by atoms with Gasteiger partial charge in [0.15, 0.2) is 0 Å². The highest BCUT2D eigenvalue weighted by molar-refractivity contribution is 7.20. The number of carbonyl (C=O) groups is 1. The van der Waals surface area contributed by atoms with E-state index in [0.29, 0.717) is 17.3 Å². The Hall–Kier alpha value is -1.69. The fourth-order valence-corrected chi connectivity index (χ4v) is 7.59. The maximum absolute atomic E-state index is 13.6. The van der Waals surface area contributed by atoms with Gasteiger partial charge in [0.1, 0.15) is 10.7 Å². The van der Waals surface area contributed by atoms with Crippen molar-refractivity contribution in [3.05, 3.63) is 26.6 Å². The summed E-state index contributed by atoms with van der Waals surface area (Å²) in [6, 6.07) is 0.400. The van der Waals surface area contributed by atoms with E-state index in [9.17, 15) is 9.59 Å². The van der Waals surface area contributed by atoms with Crippen LogP contribution >= 0.6 is 11.3 Å². The molecule has 0 spiro atoms. The number of aromatic nitrogens is 2. The standard InChI is InChI=1S/C21H25N3O2S/c1-11-17-19(22-16-3-2-4-23(16)20(17)25)27-18(11)21(26)24-10-14-6-12-5-13(7-14)9-15(24)8-12/h12-15H,2-10H2,1H3. The van der Waals surface area contributed by atoms with Crippen LogP contribution in [-0.2, 0) is 13.0 Å². The zero-order chi connectivity index (χ0) is 18.3. The summed E-state index contributed by atoms with van der Waals surface area (Å²) in [5, 5.41) is 0.676. The van der Waals surface area contributed by atoms with Gasteiger partial charge in [0, 0.05) is 25.6 Å². The van der Waals surface area contributed by atoms with Gasteiger partial charge in [-0.05, 0) is 68.8 Å². The molecule has 2 saturated carbocycles. The van der Waals surface area contributed by atoms with Gasteiger partial charge in [0.25, 0.3) is 11.5 Å². The molecule has 0 aromatic carbocycles. The van der Waals surface area contributed by atoms with Gasteiger partial charge >= 0.3 is 0 Å². The largest absolute Gasteiger partial charge is 0.335 e. The van der Waals surface area contributed by atoms with E-state index in [4.69, 9.17) is 4.98 Å². The Morgan fingerprint density at radius 2 is 1.85 bits per heavy atom. The molecule has 2 saturated heterocycles. The number of fused-ring (bicyclic) bond motifs is 3. The fourth-order valence-electron chi connectivity index (χ4n) is 6.44. The predicted molar refractivity (Wildman–Crippen MR) is 105 cm³/mol. The topological polar surface area (TPSA) is 55.2 Å². The number of aryl methyl sites for hydroxylation is 2. The molecular weight excluding hydrogens is 358 g/mol. The van der Waals surface area contributed by atoms with Crippen LogP contribution in [0.3, 0.4) is 0 Å². The SMILES string of the molecule is Cc1c(C(=O)N2CC3CC4CC(C3)CC2C4)sc2nc3n(c(=O)c12)CCC3. The Kier molecular flexibility index (Phi) is 3.41. The van der Waals surface area contributed by atoms with Crippen LogP contribution in [0.5, 0.6) is 0 Å². The van der Waals surface area contributed by atoms with Crippen LogP contribution < -0.4 is 5.56 Å². The van der Waals surface area contributed by atoms with Crippen molar-refractivity contribution >= 4 is 27.5 Å². The van der Waals surface area contributed by atoms with Gasteiger partial charge in [-0.15, -0.1) is 11.3 Å². The molecule has 5 heterocycles. The number of hydrogen-bond donors (Lipinski definition) is 0. The Bertz CT molecular complexity index is 1010. The van der Waals surface area contributed by atoms with Gasteiger partial charge in [-0.25, -0.2) is 4.98 Å². The minimum atomic E-state index is 0.0520. The second-order valence-electron chi connectivity index (χ2n) is 9.21. The lowest BCUT2D eigenvalue weighted by Crippen LogP contribution is -2.42. The van der Waals surface area contributed by atoms with Gasteiger partial charge < -0.3 is 4.90 Å². The van der Waals surface area contributed by atoms with E-state index in [0.717, 1.165) is 58.9 Å². The zero-order valence-electron chi connectivity index (χ0n) is 15.7. The van der Waals surface area contributed by atoms with E-state index in [-0.39, 0.29) is 11.5 Å². The molecule has 4 bridgehead atoms. The summed E-state index contributed by atoms with van der Waals surface area (Å²) in [7, 11) is 0. The Morgan fingerprint density at radius 3 is 2.63 bits per heavy atom. The molecule has 1 amide bonds. The molecule has 5 nitrogen and oxygen atoms in total. The van der Waals surface area contributed by atoms with Crippen molar-refractivity contribution in [2.75, 3.05) is 6.54 Å². The molecule has 2 aromatic rings. The minimum absolute atomic E-state index is 0.0520. The van der Waals surface area contributed by atoms with E-state index in [1.54, 1.807) is 0 Å². The summed E-state index contributed by atoms with van der Waals surface area (Å²) in [5.74, 6) is 3.36. The fraction of sp³-hybridized carbons (Fsp3) is 0.667. The van der Waals surface area contributed by atoms with Crippen LogP contribution in [0.1, 0.15) is 59.6 Å². The summed E-state index contributed by atoms with van der Waals surface area (Å²) in [5.41, 5.74) is 0.903. The van der Waals surface area contributed by atoms with Crippen molar-refractivity contribution in [1.82, 2.24) is 14.5 Å². The molecule has 2 aliphatic carbocycles. The monoisotopic (exact) mass is 383 g/mol. The maximum atomic E-state index is 13.6. The zero-order valence-corrected chi connectivity index (χ0v) is 16.6. The molecule has 2 atom stereocenters. The first kappa shape index (κ1) is 16.3. The Labute approximate surface area is 162 Å². The number of amides is 1. The highest BCUT2D eigenvalue weighted by Crippen LogP contribution is 2.48. The first-order valence-electron chi connectivity index (χ1n) is 10.4. The van der Waals surface area contributed by atoms with Gasteiger partial charge in [0.05, 0.1) is 10.3 Å². The average Bonchev–Trinajstić information content (AvgIpc) is 3.17. The Balaban J connectivity index is 1.43. The van der Waals surface area contributed by atoms with Crippen LogP contribution in [0.15, 0.2) is 4.79 Å². The third-order valence-corrected chi connectivity index (χ3v) is 8.65. The molecule has 0 radical (unpaired) electrons. The van der Waals surface area contributed by atoms with Crippen molar-refractivity contribution in [2.45, 2.75) is 64.5 Å². The van der Waals surface area contributed by atoms with Crippen molar-refractivity contribution in [3.8, 4) is 0 Å². The molecule has 142 valence electrons. The second kappa shape index (κ2) is 5.66. The third kappa shape index (κ3) is 2.31. The van der Waals surface area contributed by atoms with Gasteiger partial charge in [-0.2, -0.15) is 0 Å². The Morgan fingerprint density at radius 1 is 1.11 bits per heavy atom. The average molecular weight is 384 g/mol.